The van der Waals surface area contributed by atoms with Gasteiger partial charge in [0.2, 0.25) is 0 Å². The molecule has 0 radical (unpaired) electrons. The maximum absolute atomic E-state index is 11.0. The van der Waals surface area contributed by atoms with Crippen LogP contribution in [-0.4, -0.2) is 41.2 Å². The van der Waals surface area contributed by atoms with Crippen LogP contribution in [0.4, 0.5) is 0 Å². The lowest BCUT2D eigenvalue weighted by atomic mass is 9.74. The molecule has 0 aromatic heterocycles. The molecule has 1 unspecified atom stereocenters. The highest BCUT2D eigenvalue weighted by Crippen LogP contribution is 2.37. The highest BCUT2D eigenvalue weighted by atomic mass is 16.5. The molecule has 1 aromatic rings. The van der Waals surface area contributed by atoms with Crippen molar-refractivity contribution >= 4 is 7.05 Å². The number of nitrogens with zero attached hydrogens (tertiary/aromatic N) is 1. The first-order valence-corrected chi connectivity index (χ1v) is 8.22. The van der Waals surface area contributed by atoms with Crippen molar-refractivity contribution in [3.05, 3.63) is 29.8 Å². The van der Waals surface area contributed by atoms with Crippen molar-refractivity contribution in [3.8, 4) is 5.75 Å². The molecule has 1 fully saturated rings. The Morgan fingerprint density at radius 3 is 2.23 bits per heavy atom. The molecule has 4 nitrogen and oxygen atoms in total. The first-order chi connectivity index (χ1) is 10.3. The zero-order valence-corrected chi connectivity index (χ0v) is 14.1. The lowest BCUT2D eigenvalue weighted by Crippen LogP contribution is -2.47. The maximum atomic E-state index is 11.0. The fraction of sp³-hybridized carbons (Fsp3) is 0.647. The molecule has 1 aliphatic heterocycles. The van der Waals surface area contributed by atoms with Gasteiger partial charge in [0.05, 0.1) is 11.7 Å². The zero-order valence-electron chi connectivity index (χ0n) is 14.1. The van der Waals surface area contributed by atoms with E-state index >= 15 is 0 Å². The van der Waals surface area contributed by atoms with Crippen LogP contribution in [0.5, 0.6) is 5.75 Å². The van der Waals surface area contributed by atoms with E-state index in [4.69, 9.17) is 4.74 Å². The first-order valence-electron chi connectivity index (χ1n) is 8.22. The highest BCUT2D eigenvalue weighted by molar-refractivity contribution is 6.45. The second-order valence-electron chi connectivity index (χ2n) is 6.78. The third-order valence-corrected chi connectivity index (χ3v) is 4.66. The number of hydrogen-bond acceptors (Lipinski definition) is 4. The van der Waals surface area contributed by atoms with Crippen LogP contribution in [0.15, 0.2) is 24.3 Å². The van der Waals surface area contributed by atoms with E-state index in [0.29, 0.717) is 0 Å². The Bertz CT molecular complexity index is 465. The fourth-order valence-corrected chi connectivity index (χ4v) is 3.21. The molecule has 0 amide bonds. The Kier molecular flexibility index (Phi) is 5.53. The van der Waals surface area contributed by atoms with Gasteiger partial charge in [-0.15, -0.1) is 0 Å². The van der Waals surface area contributed by atoms with Crippen LogP contribution >= 0.6 is 0 Å². The van der Waals surface area contributed by atoms with Crippen LogP contribution in [0.3, 0.4) is 0 Å². The number of aliphatic hydroxyl groups is 1. The van der Waals surface area contributed by atoms with Crippen molar-refractivity contribution in [2.24, 2.45) is 5.92 Å². The summed E-state index contributed by atoms with van der Waals surface area (Å²) >= 11 is 0. The van der Waals surface area contributed by atoms with Crippen LogP contribution in [0.1, 0.15) is 39.2 Å². The molecule has 1 heterocycles. The van der Waals surface area contributed by atoms with Crippen molar-refractivity contribution in [2.75, 3.05) is 13.1 Å². The molecular weight excluding hydrogens is 277 g/mol. The Balaban J connectivity index is 2.04. The van der Waals surface area contributed by atoms with Crippen molar-refractivity contribution in [1.82, 2.24) is 4.81 Å². The van der Waals surface area contributed by atoms with E-state index in [9.17, 15) is 10.1 Å². The van der Waals surface area contributed by atoms with Crippen molar-refractivity contribution in [2.45, 2.75) is 52.1 Å². The van der Waals surface area contributed by atoms with Gasteiger partial charge in [0, 0.05) is 0 Å². The summed E-state index contributed by atoms with van der Waals surface area (Å²) < 4.78 is 5.65. The van der Waals surface area contributed by atoms with E-state index in [1.807, 2.05) is 49.8 Å². The molecule has 0 saturated carbocycles. The normalized spacial score (nSPS) is 20.0. The average Bonchev–Trinajstić information content (AvgIpc) is 2.47. The minimum Gasteiger partial charge on any atom is -0.491 e. The van der Waals surface area contributed by atoms with Gasteiger partial charge >= 0.3 is 7.05 Å². The minimum absolute atomic E-state index is 0.149. The zero-order chi connectivity index (χ0) is 16.3. The van der Waals surface area contributed by atoms with Crippen molar-refractivity contribution in [1.29, 1.82) is 0 Å². The summed E-state index contributed by atoms with van der Waals surface area (Å²) in [7, 11) is -0.404. The predicted octanol–water partition coefficient (Wildman–Crippen LogP) is 2.50. The monoisotopic (exact) mass is 305 g/mol. The summed E-state index contributed by atoms with van der Waals surface area (Å²) in [6, 6.07) is 7.76. The van der Waals surface area contributed by atoms with Gasteiger partial charge in [-0.1, -0.05) is 12.1 Å². The molecular formula is C17H28BNO3. The van der Waals surface area contributed by atoms with Crippen molar-refractivity contribution < 1.29 is 14.9 Å². The molecule has 1 aliphatic rings. The summed E-state index contributed by atoms with van der Waals surface area (Å²) in [5.41, 5.74) is 0.0836. The van der Waals surface area contributed by atoms with E-state index in [1.165, 1.54) is 0 Å². The molecule has 0 bridgehead atoms. The highest BCUT2D eigenvalue weighted by Gasteiger charge is 2.37. The predicted molar refractivity (Wildman–Crippen MR) is 89.9 cm³/mol. The molecule has 122 valence electrons. The van der Waals surface area contributed by atoms with E-state index in [2.05, 4.69) is 0 Å². The number of ether oxygens (including phenoxy) is 1. The van der Waals surface area contributed by atoms with Crippen LogP contribution < -0.4 is 4.74 Å². The van der Waals surface area contributed by atoms with Gasteiger partial charge in [-0.3, -0.25) is 0 Å². The summed E-state index contributed by atoms with van der Waals surface area (Å²) in [4.78, 5) is 2.05. The number of hydrogen-bond donors (Lipinski definition) is 2. The Morgan fingerprint density at radius 1 is 1.23 bits per heavy atom. The van der Waals surface area contributed by atoms with Gasteiger partial charge in [0.25, 0.3) is 0 Å². The van der Waals surface area contributed by atoms with Crippen LogP contribution in [0, 0.1) is 5.92 Å². The van der Waals surface area contributed by atoms with E-state index < -0.39 is 12.7 Å². The van der Waals surface area contributed by atoms with Crippen LogP contribution in [-0.2, 0) is 5.60 Å². The Morgan fingerprint density at radius 2 is 1.77 bits per heavy atom. The molecule has 22 heavy (non-hydrogen) atoms. The third-order valence-electron chi connectivity index (χ3n) is 4.66. The second-order valence-corrected chi connectivity index (χ2v) is 6.78. The lowest BCUT2D eigenvalue weighted by Gasteiger charge is -2.40. The summed E-state index contributed by atoms with van der Waals surface area (Å²) in [5.74, 6) is 1.04. The topological polar surface area (TPSA) is 52.9 Å². The average molecular weight is 305 g/mol. The van der Waals surface area contributed by atoms with Crippen LogP contribution in [0.2, 0.25) is 6.82 Å². The van der Waals surface area contributed by atoms with E-state index in [-0.39, 0.29) is 12.0 Å². The fourth-order valence-electron chi connectivity index (χ4n) is 3.21. The third kappa shape index (κ3) is 4.03. The number of piperidine rings is 1. The van der Waals surface area contributed by atoms with Gasteiger partial charge in [-0.05, 0) is 77.1 Å². The van der Waals surface area contributed by atoms with Crippen LogP contribution in [0.25, 0.3) is 0 Å². The van der Waals surface area contributed by atoms with E-state index in [0.717, 1.165) is 37.2 Å². The molecule has 1 saturated heterocycles. The molecule has 0 spiro atoms. The van der Waals surface area contributed by atoms with Gasteiger partial charge in [-0.2, -0.15) is 0 Å². The standard InChI is InChI=1S/C17H28BNO3/c1-13(2)22-16-7-5-14(6-8-16)17(3,20)15-9-11-19(12-10-15)18(4)21/h5-8,13,15,20-21H,9-12H2,1-4H3. The largest absolute Gasteiger partial charge is 0.491 e. The molecule has 1 atom stereocenters. The minimum atomic E-state index is -0.846. The Hall–Kier alpha value is -1.04. The molecule has 2 rings (SSSR count). The summed E-state index contributed by atoms with van der Waals surface area (Å²) in [5, 5.41) is 20.6. The van der Waals surface area contributed by atoms with Gasteiger partial charge < -0.3 is 19.7 Å². The first kappa shape index (κ1) is 17.3. The molecule has 5 heteroatoms. The second kappa shape index (κ2) is 7.03. The molecule has 1 aromatic carbocycles. The smallest absolute Gasteiger partial charge is 0.376 e. The Labute approximate surface area is 134 Å². The maximum Gasteiger partial charge on any atom is 0.376 e. The number of benzene rings is 1. The van der Waals surface area contributed by atoms with Gasteiger partial charge in [-0.25, -0.2) is 0 Å². The molecule has 2 N–H and O–H groups in total. The van der Waals surface area contributed by atoms with Gasteiger partial charge in [0.1, 0.15) is 5.75 Å². The quantitative estimate of drug-likeness (QED) is 0.821. The van der Waals surface area contributed by atoms with Gasteiger partial charge in [0.15, 0.2) is 0 Å². The SMILES string of the molecule is CB(O)N1CCC(C(C)(O)c2ccc(OC(C)C)cc2)CC1. The lowest BCUT2D eigenvalue weighted by molar-refractivity contribution is -0.0268. The van der Waals surface area contributed by atoms with E-state index in [1.54, 1.807) is 6.82 Å². The number of rotatable bonds is 5. The summed E-state index contributed by atoms with van der Waals surface area (Å²) in [6.07, 6.45) is 1.93. The van der Waals surface area contributed by atoms with Crippen molar-refractivity contribution in [3.63, 3.8) is 0 Å². The molecule has 0 aliphatic carbocycles. The summed E-state index contributed by atoms with van der Waals surface area (Å²) in [6.45, 7) is 9.35.